The lowest BCUT2D eigenvalue weighted by Crippen LogP contribution is -2.16. The van der Waals surface area contributed by atoms with Gasteiger partial charge in [0.15, 0.2) is 5.82 Å². The summed E-state index contributed by atoms with van der Waals surface area (Å²) in [5.41, 5.74) is 4.22. The Kier molecular flexibility index (Phi) is 4.66. The van der Waals surface area contributed by atoms with Crippen LogP contribution in [0.15, 0.2) is 60.7 Å². The molecule has 0 saturated heterocycles. The minimum Gasteiger partial charge on any atom is -0.306 e. The van der Waals surface area contributed by atoms with Gasteiger partial charge in [-0.3, -0.25) is 9.78 Å². The van der Waals surface area contributed by atoms with Gasteiger partial charge in [-0.2, -0.15) is 9.78 Å². The lowest BCUT2D eigenvalue weighted by Gasteiger charge is -2.12. The van der Waals surface area contributed by atoms with Crippen molar-refractivity contribution in [2.75, 3.05) is 5.32 Å². The maximum atomic E-state index is 13.9. The second-order valence-corrected chi connectivity index (χ2v) is 7.82. The van der Waals surface area contributed by atoms with Crippen LogP contribution < -0.4 is 5.32 Å². The van der Waals surface area contributed by atoms with E-state index in [0.29, 0.717) is 33.8 Å². The van der Waals surface area contributed by atoms with Crippen LogP contribution in [-0.2, 0) is 0 Å². The molecule has 0 fully saturated rings. The molecule has 0 saturated carbocycles. The molecule has 6 nitrogen and oxygen atoms in total. The van der Waals surface area contributed by atoms with Gasteiger partial charge in [0, 0.05) is 22.5 Å². The summed E-state index contributed by atoms with van der Waals surface area (Å²) >= 11 is 0. The number of pyridine rings is 2. The summed E-state index contributed by atoms with van der Waals surface area (Å²) in [4.78, 5) is 22.4. The van der Waals surface area contributed by atoms with E-state index in [9.17, 15) is 9.18 Å². The Balaban J connectivity index is 1.58. The third kappa shape index (κ3) is 3.47. The van der Waals surface area contributed by atoms with Crippen molar-refractivity contribution in [1.82, 2.24) is 19.7 Å². The molecule has 2 aromatic carbocycles. The highest BCUT2D eigenvalue weighted by atomic mass is 19.1. The van der Waals surface area contributed by atoms with E-state index >= 15 is 0 Å². The topological polar surface area (TPSA) is 72.7 Å². The Hall–Kier alpha value is -4.13. The molecule has 0 spiro atoms. The number of amides is 1. The third-order valence-corrected chi connectivity index (χ3v) is 5.34. The van der Waals surface area contributed by atoms with Crippen LogP contribution in [0, 0.1) is 26.6 Å². The number of fused-ring (bicyclic) bond motifs is 2. The average molecular weight is 425 g/mol. The molecule has 0 aliphatic rings. The number of para-hydroxylation sites is 1. The predicted molar refractivity (Wildman–Crippen MR) is 123 cm³/mol. The molecule has 0 aliphatic carbocycles. The minimum atomic E-state index is -0.422. The van der Waals surface area contributed by atoms with E-state index in [0.717, 1.165) is 22.2 Å². The van der Waals surface area contributed by atoms with Gasteiger partial charge in [-0.1, -0.05) is 18.2 Å². The van der Waals surface area contributed by atoms with Crippen LogP contribution in [0.3, 0.4) is 0 Å². The second kappa shape index (κ2) is 7.53. The van der Waals surface area contributed by atoms with Crippen LogP contribution in [0.5, 0.6) is 0 Å². The summed E-state index contributed by atoms with van der Waals surface area (Å²) in [5.74, 6) is 0.291. The van der Waals surface area contributed by atoms with Gasteiger partial charge in [0.1, 0.15) is 11.6 Å². The van der Waals surface area contributed by atoms with E-state index in [1.807, 2.05) is 44.2 Å². The van der Waals surface area contributed by atoms with Crippen molar-refractivity contribution >= 4 is 33.5 Å². The van der Waals surface area contributed by atoms with Crippen LogP contribution in [0.1, 0.15) is 27.3 Å². The van der Waals surface area contributed by atoms with Crippen molar-refractivity contribution < 1.29 is 9.18 Å². The van der Waals surface area contributed by atoms with E-state index in [1.54, 1.807) is 29.8 Å². The zero-order valence-electron chi connectivity index (χ0n) is 17.8. The Bertz CT molecular complexity index is 1520. The van der Waals surface area contributed by atoms with Crippen molar-refractivity contribution in [2.45, 2.75) is 20.8 Å². The summed E-state index contributed by atoms with van der Waals surface area (Å²) in [6.07, 6.45) is 0. The smallest absolute Gasteiger partial charge is 0.257 e. The third-order valence-electron chi connectivity index (χ3n) is 5.34. The number of hydrogen-bond acceptors (Lipinski definition) is 4. The molecule has 7 heteroatoms. The highest BCUT2D eigenvalue weighted by Gasteiger charge is 2.17. The Morgan fingerprint density at radius 3 is 2.50 bits per heavy atom. The van der Waals surface area contributed by atoms with Crippen molar-refractivity contribution in [2.24, 2.45) is 0 Å². The molecule has 0 radical (unpaired) electrons. The number of rotatable bonds is 3. The molecule has 5 rings (SSSR count). The van der Waals surface area contributed by atoms with Crippen LogP contribution in [0.4, 0.5) is 10.2 Å². The number of carbonyl (C=O) groups is 1. The number of halogens is 1. The number of carbonyl (C=O) groups excluding carboxylic acids is 1. The van der Waals surface area contributed by atoms with Crippen molar-refractivity contribution in [3.8, 4) is 5.82 Å². The van der Waals surface area contributed by atoms with Crippen LogP contribution in [0.2, 0.25) is 0 Å². The van der Waals surface area contributed by atoms with Crippen LogP contribution >= 0.6 is 0 Å². The molecule has 1 amide bonds. The van der Waals surface area contributed by atoms with E-state index in [1.165, 1.54) is 12.1 Å². The summed E-state index contributed by atoms with van der Waals surface area (Å²) in [7, 11) is 0. The first-order valence-corrected chi connectivity index (χ1v) is 10.2. The highest BCUT2D eigenvalue weighted by Crippen LogP contribution is 2.24. The summed E-state index contributed by atoms with van der Waals surface area (Å²) in [6, 6.07) is 17.5. The number of aromatic nitrogens is 4. The van der Waals surface area contributed by atoms with Crippen molar-refractivity contribution in [1.29, 1.82) is 0 Å². The van der Waals surface area contributed by atoms with Crippen LogP contribution in [0.25, 0.3) is 27.6 Å². The highest BCUT2D eigenvalue weighted by molar-refractivity contribution is 6.12. The van der Waals surface area contributed by atoms with E-state index in [-0.39, 0.29) is 5.91 Å². The van der Waals surface area contributed by atoms with Crippen molar-refractivity contribution in [3.63, 3.8) is 0 Å². The lowest BCUT2D eigenvalue weighted by atomic mass is 10.1. The summed E-state index contributed by atoms with van der Waals surface area (Å²) < 4.78 is 15.5. The largest absolute Gasteiger partial charge is 0.306 e. The van der Waals surface area contributed by atoms with Crippen molar-refractivity contribution in [3.05, 3.63) is 89.0 Å². The Morgan fingerprint density at radius 2 is 1.66 bits per heavy atom. The van der Waals surface area contributed by atoms with Gasteiger partial charge in [0.05, 0.1) is 22.3 Å². The second-order valence-electron chi connectivity index (χ2n) is 7.82. The number of nitrogens with one attached hydrogen (secondary N) is 1. The molecular weight excluding hydrogens is 405 g/mol. The predicted octanol–water partition coefficient (Wildman–Crippen LogP) is 5.29. The molecule has 0 atom stereocenters. The zero-order valence-corrected chi connectivity index (χ0v) is 17.8. The Morgan fingerprint density at radius 1 is 0.875 bits per heavy atom. The molecule has 158 valence electrons. The fraction of sp³-hybridized carbons (Fsp3) is 0.120. The molecule has 0 bridgehead atoms. The van der Waals surface area contributed by atoms with Gasteiger partial charge in [-0.15, -0.1) is 0 Å². The van der Waals surface area contributed by atoms with Gasteiger partial charge in [-0.05, 0) is 62.7 Å². The zero-order chi connectivity index (χ0) is 22.4. The number of hydrogen-bond donors (Lipinski definition) is 1. The standard InChI is InChI=1S/C25H20FN5O/c1-14-10-23(28-21-7-5-4-6-18(14)21)31-24(12-16(3)30-31)29-25(32)20-11-15(2)27-22-9-8-17(26)13-19(20)22/h4-13H,1-3H3,(H,29,32). The maximum Gasteiger partial charge on any atom is 0.257 e. The minimum absolute atomic E-state index is 0.347. The van der Waals surface area contributed by atoms with E-state index < -0.39 is 5.82 Å². The average Bonchev–Trinajstić information content (AvgIpc) is 3.13. The normalized spacial score (nSPS) is 11.2. The summed E-state index contributed by atoms with van der Waals surface area (Å²) in [5, 5.41) is 8.98. The van der Waals surface area contributed by atoms with E-state index in [4.69, 9.17) is 4.98 Å². The SMILES string of the molecule is Cc1cc(C(=O)Nc2cc(C)nn2-c2cc(C)c3ccccc3n2)c2cc(F)ccc2n1. The summed E-state index contributed by atoms with van der Waals surface area (Å²) in [6.45, 7) is 5.67. The molecule has 1 N–H and O–H groups in total. The maximum absolute atomic E-state index is 13.9. The monoisotopic (exact) mass is 425 g/mol. The molecular formula is C25H20FN5O. The molecule has 32 heavy (non-hydrogen) atoms. The van der Waals surface area contributed by atoms with Gasteiger partial charge in [-0.25, -0.2) is 9.37 Å². The van der Waals surface area contributed by atoms with Gasteiger partial charge < -0.3 is 5.32 Å². The lowest BCUT2D eigenvalue weighted by molar-refractivity contribution is 0.102. The first-order chi connectivity index (χ1) is 15.4. The fourth-order valence-corrected chi connectivity index (χ4v) is 3.91. The number of aryl methyl sites for hydroxylation is 3. The van der Waals surface area contributed by atoms with Gasteiger partial charge >= 0.3 is 0 Å². The molecule has 0 unspecified atom stereocenters. The molecule has 3 aromatic heterocycles. The number of benzene rings is 2. The van der Waals surface area contributed by atoms with Gasteiger partial charge in [0.25, 0.3) is 5.91 Å². The number of anilines is 1. The molecule has 0 aliphatic heterocycles. The Labute approximate surface area is 183 Å². The molecule has 3 heterocycles. The fourth-order valence-electron chi connectivity index (χ4n) is 3.91. The number of nitrogens with zero attached hydrogens (tertiary/aromatic N) is 4. The first-order valence-electron chi connectivity index (χ1n) is 10.2. The van der Waals surface area contributed by atoms with Crippen LogP contribution in [-0.4, -0.2) is 25.7 Å². The quantitative estimate of drug-likeness (QED) is 0.427. The van der Waals surface area contributed by atoms with Gasteiger partial charge in [0.2, 0.25) is 0 Å². The van der Waals surface area contributed by atoms with E-state index in [2.05, 4.69) is 15.4 Å². The first kappa shape index (κ1) is 19.8. The molecule has 5 aromatic rings.